The zero-order valence-corrected chi connectivity index (χ0v) is 15.7. The van der Waals surface area contributed by atoms with Crippen molar-refractivity contribution in [1.82, 2.24) is 0 Å². The lowest BCUT2D eigenvalue weighted by atomic mass is 9.75. The summed E-state index contributed by atoms with van der Waals surface area (Å²) in [6.45, 7) is 0. The van der Waals surface area contributed by atoms with Crippen LogP contribution in [0.25, 0.3) is 11.6 Å². The first-order valence-electron chi connectivity index (χ1n) is 10.3. The molecule has 3 aliphatic rings. The van der Waals surface area contributed by atoms with Gasteiger partial charge in [-0.25, -0.2) is 0 Å². The summed E-state index contributed by atoms with van der Waals surface area (Å²) in [5.41, 5.74) is 8.51. The number of hydrogen-bond acceptors (Lipinski definition) is 1. The smallest absolute Gasteiger partial charge is 0.102 e. The first-order chi connectivity index (χ1) is 13.4. The summed E-state index contributed by atoms with van der Waals surface area (Å²) in [5, 5.41) is 0. The Balaban J connectivity index is 1.64. The Morgan fingerprint density at radius 2 is 1.63 bits per heavy atom. The lowest BCUT2D eigenvalue weighted by Gasteiger charge is -2.41. The van der Waals surface area contributed by atoms with Crippen molar-refractivity contribution < 1.29 is 4.74 Å². The van der Waals surface area contributed by atoms with Crippen molar-refractivity contribution >= 4 is 11.6 Å². The van der Waals surface area contributed by atoms with E-state index in [1.54, 1.807) is 0 Å². The minimum absolute atomic E-state index is 0.148. The van der Waals surface area contributed by atoms with Gasteiger partial charge in [0.2, 0.25) is 0 Å². The van der Waals surface area contributed by atoms with Crippen LogP contribution in [0.1, 0.15) is 49.7 Å². The summed E-state index contributed by atoms with van der Waals surface area (Å²) in [5.74, 6) is 0. The molecule has 0 amide bonds. The van der Waals surface area contributed by atoms with Crippen LogP contribution in [0.5, 0.6) is 0 Å². The van der Waals surface area contributed by atoms with Crippen LogP contribution >= 0.6 is 0 Å². The Morgan fingerprint density at radius 1 is 0.852 bits per heavy atom. The second-order valence-electron chi connectivity index (χ2n) is 7.84. The third kappa shape index (κ3) is 3.21. The monoisotopic (exact) mass is 354 g/mol. The molecule has 2 unspecified atom stereocenters. The van der Waals surface area contributed by atoms with E-state index in [0.717, 1.165) is 19.3 Å². The highest BCUT2D eigenvalue weighted by Crippen LogP contribution is 2.47. The van der Waals surface area contributed by atoms with E-state index in [-0.39, 0.29) is 12.2 Å². The van der Waals surface area contributed by atoms with Gasteiger partial charge in [0, 0.05) is 0 Å². The van der Waals surface area contributed by atoms with Gasteiger partial charge in [0.05, 0.1) is 6.10 Å². The molecule has 27 heavy (non-hydrogen) atoms. The maximum Gasteiger partial charge on any atom is 0.102 e. The van der Waals surface area contributed by atoms with Gasteiger partial charge in [0.25, 0.3) is 0 Å². The molecule has 0 bridgehead atoms. The van der Waals surface area contributed by atoms with Crippen molar-refractivity contribution in [3.63, 3.8) is 0 Å². The van der Waals surface area contributed by atoms with Gasteiger partial charge in [-0.1, -0.05) is 72.8 Å². The van der Waals surface area contributed by atoms with Crippen LogP contribution in [0.4, 0.5) is 0 Å². The summed E-state index contributed by atoms with van der Waals surface area (Å²) in [6, 6.07) is 21.7. The molecule has 0 saturated heterocycles. The van der Waals surface area contributed by atoms with E-state index in [4.69, 9.17) is 4.74 Å². The molecule has 1 aliphatic heterocycles. The molecule has 0 radical (unpaired) electrons. The molecule has 2 aromatic rings. The van der Waals surface area contributed by atoms with E-state index in [9.17, 15) is 0 Å². The van der Waals surface area contributed by atoms with E-state index >= 15 is 0 Å². The molecule has 1 saturated carbocycles. The lowest BCUT2D eigenvalue weighted by molar-refractivity contribution is 0.0289. The van der Waals surface area contributed by atoms with Crippen molar-refractivity contribution in [3.8, 4) is 0 Å². The standard InChI is InChI=1S/C26H26O/c1-3-10-19(11-4-1)18-21-14-9-16-23-25(20-12-5-2-6-13-20)22-15-7-8-17-24(22)27-26(21)23/h1-6,10-13,15,18,24,26H,7-9,14,16-17H2. The Hall–Kier alpha value is -2.38. The molecule has 136 valence electrons. The van der Waals surface area contributed by atoms with Crippen LogP contribution < -0.4 is 0 Å². The molecule has 0 N–H and O–H groups in total. The predicted molar refractivity (Wildman–Crippen MR) is 112 cm³/mol. The number of allylic oxidation sites excluding steroid dienone is 1. The van der Waals surface area contributed by atoms with Crippen molar-refractivity contribution in [2.75, 3.05) is 0 Å². The van der Waals surface area contributed by atoms with E-state index in [1.807, 2.05) is 0 Å². The van der Waals surface area contributed by atoms with Gasteiger partial charge in [-0.15, -0.1) is 0 Å². The molecule has 1 nitrogen and oxygen atoms in total. The Bertz CT molecular complexity index is 902. The highest BCUT2D eigenvalue weighted by molar-refractivity contribution is 5.85. The van der Waals surface area contributed by atoms with E-state index in [1.165, 1.54) is 52.7 Å². The maximum atomic E-state index is 6.74. The third-order valence-corrected chi connectivity index (χ3v) is 6.07. The van der Waals surface area contributed by atoms with Crippen molar-refractivity contribution in [3.05, 3.63) is 94.6 Å². The average molecular weight is 354 g/mol. The second-order valence-corrected chi connectivity index (χ2v) is 7.84. The fraction of sp³-hybridized carbons (Fsp3) is 0.308. The Labute approximate surface area is 162 Å². The molecule has 2 aliphatic carbocycles. The quantitative estimate of drug-likeness (QED) is 0.591. The van der Waals surface area contributed by atoms with Crippen LogP contribution in [0.2, 0.25) is 0 Å². The molecular formula is C26H26O. The summed E-state index contributed by atoms with van der Waals surface area (Å²) in [7, 11) is 0. The topological polar surface area (TPSA) is 9.23 Å². The predicted octanol–water partition coefficient (Wildman–Crippen LogP) is 6.59. The van der Waals surface area contributed by atoms with Crippen LogP contribution in [0, 0.1) is 0 Å². The highest BCUT2D eigenvalue weighted by atomic mass is 16.5. The van der Waals surface area contributed by atoms with Crippen LogP contribution in [-0.2, 0) is 4.74 Å². The minimum Gasteiger partial charge on any atom is -0.362 e. The molecule has 5 rings (SSSR count). The van der Waals surface area contributed by atoms with Crippen molar-refractivity contribution in [1.29, 1.82) is 0 Å². The number of ether oxygens (including phenoxy) is 1. The Morgan fingerprint density at radius 3 is 2.44 bits per heavy atom. The summed E-state index contributed by atoms with van der Waals surface area (Å²) in [6.07, 6.45) is 12.2. The lowest BCUT2D eigenvalue weighted by Crippen LogP contribution is -2.36. The molecule has 1 fully saturated rings. The van der Waals surface area contributed by atoms with Gasteiger partial charge >= 0.3 is 0 Å². The van der Waals surface area contributed by atoms with E-state index in [0.29, 0.717) is 0 Å². The summed E-state index contributed by atoms with van der Waals surface area (Å²) in [4.78, 5) is 0. The first-order valence-corrected chi connectivity index (χ1v) is 10.3. The molecule has 1 heterocycles. The maximum absolute atomic E-state index is 6.74. The molecule has 0 spiro atoms. The van der Waals surface area contributed by atoms with Crippen molar-refractivity contribution in [2.45, 2.75) is 50.7 Å². The number of rotatable bonds is 2. The number of benzene rings is 2. The van der Waals surface area contributed by atoms with E-state index < -0.39 is 0 Å². The SMILES string of the molecule is C1=C2C(c3ccccc3)=C3CCCC(=Cc4ccccc4)C3OC2CCC1. The van der Waals surface area contributed by atoms with Gasteiger partial charge in [-0.05, 0) is 71.9 Å². The minimum atomic E-state index is 0.148. The first kappa shape index (κ1) is 16.8. The molecular weight excluding hydrogens is 328 g/mol. The second kappa shape index (κ2) is 7.32. The normalized spacial score (nSPS) is 26.4. The largest absolute Gasteiger partial charge is 0.362 e. The zero-order chi connectivity index (χ0) is 18.1. The van der Waals surface area contributed by atoms with Gasteiger partial charge in [-0.3, -0.25) is 0 Å². The van der Waals surface area contributed by atoms with E-state index in [2.05, 4.69) is 72.8 Å². The summed E-state index contributed by atoms with van der Waals surface area (Å²) < 4.78 is 6.74. The number of fused-ring (bicyclic) bond motifs is 2. The van der Waals surface area contributed by atoms with Gasteiger partial charge in [0.1, 0.15) is 6.10 Å². The van der Waals surface area contributed by atoms with Crippen LogP contribution in [-0.4, -0.2) is 12.2 Å². The molecule has 0 aromatic heterocycles. The molecule has 2 aromatic carbocycles. The van der Waals surface area contributed by atoms with Gasteiger partial charge in [0.15, 0.2) is 0 Å². The molecule has 2 atom stereocenters. The van der Waals surface area contributed by atoms with Crippen molar-refractivity contribution in [2.24, 2.45) is 0 Å². The fourth-order valence-corrected chi connectivity index (χ4v) is 4.86. The average Bonchev–Trinajstić information content (AvgIpc) is 2.74. The highest BCUT2D eigenvalue weighted by Gasteiger charge is 2.38. The third-order valence-electron chi connectivity index (χ3n) is 6.07. The fourth-order valence-electron chi connectivity index (χ4n) is 4.86. The van der Waals surface area contributed by atoms with Gasteiger partial charge in [-0.2, -0.15) is 0 Å². The zero-order valence-electron chi connectivity index (χ0n) is 15.7. The van der Waals surface area contributed by atoms with Gasteiger partial charge < -0.3 is 4.74 Å². The molecule has 1 heteroatoms. The number of hydrogen-bond donors (Lipinski definition) is 0. The van der Waals surface area contributed by atoms with Crippen LogP contribution in [0.15, 0.2) is 83.5 Å². The van der Waals surface area contributed by atoms with Crippen LogP contribution in [0.3, 0.4) is 0 Å². The Kier molecular flexibility index (Phi) is 4.55. The summed E-state index contributed by atoms with van der Waals surface area (Å²) >= 11 is 0.